The first-order valence-corrected chi connectivity index (χ1v) is 6.12. The molecule has 0 heterocycles. The molecule has 0 spiro atoms. The number of carboxylic acids is 1. The number of hydrogen-bond acceptors (Lipinski definition) is 2. The van der Waals surface area contributed by atoms with Crippen LogP contribution in [0.4, 0.5) is 0 Å². The second-order valence-corrected chi connectivity index (χ2v) is 4.71. The first-order chi connectivity index (χ1) is 8.40. The van der Waals surface area contributed by atoms with Crippen LogP contribution in [-0.4, -0.2) is 23.0 Å². The van der Waals surface area contributed by atoms with Crippen LogP contribution in [0.3, 0.4) is 0 Å². The zero-order chi connectivity index (χ0) is 13.7. The van der Waals surface area contributed by atoms with Gasteiger partial charge in [0.15, 0.2) is 0 Å². The Morgan fingerprint density at radius 3 is 2.61 bits per heavy atom. The van der Waals surface area contributed by atoms with Crippen LogP contribution in [0, 0.1) is 0 Å². The second-order valence-electron chi connectivity index (χ2n) is 3.86. The van der Waals surface area contributed by atoms with Crippen molar-refractivity contribution in [2.75, 3.05) is 0 Å². The predicted octanol–water partition coefficient (Wildman–Crippen LogP) is 2.52. The number of carboxylic acid groups (broad SMARTS) is 1. The Kier molecular flexibility index (Phi) is 5.44. The highest BCUT2D eigenvalue weighted by atomic mass is 35.5. The molecule has 0 saturated carbocycles. The van der Waals surface area contributed by atoms with Gasteiger partial charge in [0.05, 0.1) is 0 Å². The molecule has 1 rings (SSSR count). The minimum Gasteiger partial charge on any atom is -0.480 e. The molecular weight excluding hydrogens is 277 g/mol. The summed E-state index contributed by atoms with van der Waals surface area (Å²) in [5.74, 6) is -1.39. The van der Waals surface area contributed by atoms with Gasteiger partial charge in [-0.25, -0.2) is 0 Å². The van der Waals surface area contributed by atoms with Gasteiger partial charge in [-0.3, -0.25) is 9.59 Å². The van der Waals surface area contributed by atoms with Gasteiger partial charge in [-0.05, 0) is 31.0 Å². The van der Waals surface area contributed by atoms with Crippen molar-refractivity contribution in [2.45, 2.75) is 25.8 Å². The summed E-state index contributed by atoms with van der Waals surface area (Å²) in [4.78, 5) is 22.0. The van der Waals surface area contributed by atoms with Crippen LogP contribution in [0.1, 0.15) is 18.9 Å². The molecule has 0 aliphatic rings. The van der Waals surface area contributed by atoms with Crippen LogP contribution in [0.5, 0.6) is 0 Å². The van der Waals surface area contributed by atoms with E-state index >= 15 is 0 Å². The minimum absolute atomic E-state index is 0.180. The highest BCUT2D eigenvalue weighted by molar-refractivity contribution is 6.35. The zero-order valence-electron chi connectivity index (χ0n) is 9.74. The first kappa shape index (κ1) is 14.8. The van der Waals surface area contributed by atoms with Crippen molar-refractivity contribution in [3.63, 3.8) is 0 Å². The average Bonchev–Trinajstić information content (AvgIpc) is 2.27. The Labute approximate surface area is 115 Å². The molecule has 0 bridgehead atoms. The molecular formula is C12H13Cl2NO3. The molecule has 18 heavy (non-hydrogen) atoms. The smallest absolute Gasteiger partial charge is 0.325 e. The van der Waals surface area contributed by atoms with E-state index in [4.69, 9.17) is 28.3 Å². The number of carbonyl (C=O) groups is 2. The van der Waals surface area contributed by atoms with E-state index in [2.05, 4.69) is 5.32 Å². The summed E-state index contributed by atoms with van der Waals surface area (Å²) in [6, 6.07) is 4.16. The van der Waals surface area contributed by atoms with Gasteiger partial charge in [-0.15, -0.1) is 0 Å². The molecule has 0 radical (unpaired) electrons. The molecule has 0 saturated heterocycles. The van der Waals surface area contributed by atoms with E-state index in [0.717, 1.165) is 5.56 Å². The second kappa shape index (κ2) is 6.61. The van der Waals surface area contributed by atoms with Crippen molar-refractivity contribution < 1.29 is 14.7 Å². The maximum Gasteiger partial charge on any atom is 0.325 e. The van der Waals surface area contributed by atoms with E-state index in [9.17, 15) is 9.59 Å². The largest absolute Gasteiger partial charge is 0.480 e. The van der Waals surface area contributed by atoms with Crippen molar-refractivity contribution in [2.24, 2.45) is 0 Å². The number of nitrogens with one attached hydrogen (secondary N) is 1. The fraction of sp³-hybridized carbons (Fsp3) is 0.333. The highest BCUT2D eigenvalue weighted by Crippen LogP contribution is 2.21. The summed E-state index contributed by atoms with van der Waals surface area (Å²) in [6.45, 7) is 1.41. The summed E-state index contributed by atoms with van der Waals surface area (Å²) < 4.78 is 0. The lowest BCUT2D eigenvalue weighted by Gasteiger charge is -2.09. The number of hydrogen-bond donors (Lipinski definition) is 2. The lowest BCUT2D eigenvalue weighted by Crippen LogP contribution is -2.38. The summed E-state index contributed by atoms with van der Waals surface area (Å²) in [5.41, 5.74) is 0.805. The molecule has 0 unspecified atom stereocenters. The van der Waals surface area contributed by atoms with Gasteiger partial charge in [0, 0.05) is 16.5 Å². The Bertz CT molecular complexity index is 463. The third-order valence-electron chi connectivity index (χ3n) is 2.38. The Morgan fingerprint density at radius 1 is 1.39 bits per heavy atom. The molecule has 0 aliphatic heterocycles. The predicted molar refractivity (Wildman–Crippen MR) is 70.0 cm³/mol. The molecule has 1 amide bonds. The summed E-state index contributed by atoms with van der Waals surface area (Å²) >= 11 is 11.7. The Hall–Kier alpha value is -1.26. The monoisotopic (exact) mass is 289 g/mol. The summed E-state index contributed by atoms with van der Waals surface area (Å²) in [7, 11) is 0. The van der Waals surface area contributed by atoms with E-state index in [1.807, 2.05) is 0 Å². The molecule has 0 aromatic heterocycles. The normalized spacial score (nSPS) is 11.9. The molecule has 98 valence electrons. The van der Waals surface area contributed by atoms with Crippen molar-refractivity contribution >= 4 is 35.1 Å². The number of aryl methyl sites for hydroxylation is 1. The van der Waals surface area contributed by atoms with E-state index in [1.165, 1.54) is 6.92 Å². The van der Waals surface area contributed by atoms with Crippen molar-refractivity contribution in [3.05, 3.63) is 33.8 Å². The summed E-state index contributed by atoms with van der Waals surface area (Å²) in [6.07, 6.45) is 0.618. The van der Waals surface area contributed by atoms with Crippen molar-refractivity contribution in [1.29, 1.82) is 0 Å². The van der Waals surface area contributed by atoms with Crippen molar-refractivity contribution in [3.8, 4) is 0 Å². The fourth-order valence-corrected chi connectivity index (χ4v) is 1.85. The maximum absolute atomic E-state index is 11.5. The van der Waals surface area contributed by atoms with Crippen LogP contribution >= 0.6 is 23.2 Å². The van der Waals surface area contributed by atoms with Gasteiger partial charge >= 0.3 is 5.97 Å². The minimum atomic E-state index is -1.06. The molecule has 2 N–H and O–H groups in total. The third kappa shape index (κ3) is 4.55. The van der Waals surface area contributed by atoms with E-state index in [0.29, 0.717) is 16.5 Å². The zero-order valence-corrected chi connectivity index (χ0v) is 11.3. The van der Waals surface area contributed by atoms with E-state index < -0.39 is 12.0 Å². The van der Waals surface area contributed by atoms with Crippen LogP contribution in [0.2, 0.25) is 10.0 Å². The number of halogens is 2. The molecule has 1 aromatic rings. The Balaban J connectivity index is 2.50. The van der Waals surface area contributed by atoms with Crippen LogP contribution in [0.15, 0.2) is 18.2 Å². The molecule has 0 aliphatic carbocycles. The average molecular weight is 290 g/mol. The quantitative estimate of drug-likeness (QED) is 0.875. The van der Waals surface area contributed by atoms with Crippen LogP contribution in [0.25, 0.3) is 0 Å². The number of aliphatic carboxylic acids is 1. The van der Waals surface area contributed by atoms with E-state index in [-0.39, 0.29) is 12.3 Å². The van der Waals surface area contributed by atoms with E-state index in [1.54, 1.807) is 18.2 Å². The number of amides is 1. The molecule has 1 aromatic carbocycles. The van der Waals surface area contributed by atoms with Gasteiger partial charge in [0.2, 0.25) is 5.91 Å². The lowest BCUT2D eigenvalue weighted by molar-refractivity contribution is -0.141. The maximum atomic E-state index is 11.5. The van der Waals surface area contributed by atoms with Gasteiger partial charge in [-0.1, -0.05) is 29.3 Å². The number of benzene rings is 1. The Morgan fingerprint density at radius 2 is 2.06 bits per heavy atom. The lowest BCUT2D eigenvalue weighted by atomic mass is 10.1. The molecule has 4 nitrogen and oxygen atoms in total. The topological polar surface area (TPSA) is 66.4 Å². The number of carbonyl (C=O) groups excluding carboxylic acids is 1. The molecule has 1 atom stereocenters. The standard InChI is InChI=1S/C12H13Cl2NO3/c1-7(12(17)18)15-11(16)5-3-8-2-4-9(13)6-10(8)14/h2,4,6-7H,3,5H2,1H3,(H,15,16)(H,17,18)/t7-/m0/s1. The van der Waals surface area contributed by atoms with Gasteiger partial charge < -0.3 is 10.4 Å². The van der Waals surface area contributed by atoms with Gasteiger partial charge in [0.25, 0.3) is 0 Å². The molecule has 6 heteroatoms. The fourth-order valence-electron chi connectivity index (χ4n) is 1.35. The van der Waals surface area contributed by atoms with Crippen LogP contribution in [-0.2, 0) is 16.0 Å². The van der Waals surface area contributed by atoms with Crippen LogP contribution < -0.4 is 5.32 Å². The highest BCUT2D eigenvalue weighted by Gasteiger charge is 2.14. The first-order valence-electron chi connectivity index (χ1n) is 5.36. The third-order valence-corrected chi connectivity index (χ3v) is 2.97. The number of rotatable bonds is 5. The van der Waals surface area contributed by atoms with Crippen molar-refractivity contribution in [1.82, 2.24) is 5.32 Å². The molecule has 0 fully saturated rings. The van der Waals surface area contributed by atoms with Gasteiger partial charge in [-0.2, -0.15) is 0 Å². The summed E-state index contributed by atoms with van der Waals surface area (Å²) in [5, 5.41) is 12.0. The SMILES string of the molecule is C[C@H](NC(=O)CCc1ccc(Cl)cc1Cl)C(=O)O. The van der Waals surface area contributed by atoms with Gasteiger partial charge in [0.1, 0.15) is 6.04 Å².